The lowest BCUT2D eigenvalue weighted by Gasteiger charge is -2.39. The number of hydrogen-bond donors (Lipinski definition) is 2. The topological polar surface area (TPSA) is 94.2 Å². The van der Waals surface area contributed by atoms with Gasteiger partial charge in [-0.2, -0.15) is 0 Å². The van der Waals surface area contributed by atoms with Gasteiger partial charge >= 0.3 is 12.1 Å². The molecule has 2 atom stereocenters. The van der Waals surface area contributed by atoms with Crippen molar-refractivity contribution >= 4 is 35.1 Å². The Balaban J connectivity index is 1.05. The van der Waals surface area contributed by atoms with E-state index in [1.165, 1.54) is 11.3 Å². The quantitative estimate of drug-likeness (QED) is 0.717. The van der Waals surface area contributed by atoms with E-state index in [0.717, 1.165) is 38.3 Å². The second kappa shape index (κ2) is 9.27. The average molecular weight is 462 g/mol. The number of likely N-dealkylation sites (tertiary alicyclic amines) is 2. The lowest BCUT2D eigenvalue weighted by atomic mass is 9.91. The maximum atomic E-state index is 12.5. The molecule has 3 saturated heterocycles. The Morgan fingerprint density at radius 1 is 1.09 bits per heavy atom. The number of ether oxygens (including phenoxy) is 1. The summed E-state index contributed by atoms with van der Waals surface area (Å²) >= 11 is 1.65. The second-order valence-electron chi connectivity index (χ2n) is 9.23. The van der Waals surface area contributed by atoms with Crippen molar-refractivity contribution in [3.05, 3.63) is 16.3 Å². The van der Waals surface area contributed by atoms with Crippen LogP contribution >= 0.6 is 11.3 Å². The van der Waals surface area contributed by atoms with E-state index >= 15 is 0 Å². The summed E-state index contributed by atoms with van der Waals surface area (Å²) in [7, 11) is 0. The van der Waals surface area contributed by atoms with Gasteiger partial charge in [0.15, 0.2) is 6.61 Å². The van der Waals surface area contributed by atoms with E-state index in [2.05, 4.69) is 10.6 Å². The number of carbonyl (C=O) groups excluding carboxylic acids is 3. The molecule has 0 aliphatic carbocycles. The van der Waals surface area contributed by atoms with Crippen molar-refractivity contribution in [2.45, 2.75) is 38.3 Å². The molecule has 5 heterocycles. The predicted molar refractivity (Wildman–Crippen MR) is 120 cm³/mol. The van der Waals surface area contributed by atoms with Crippen LogP contribution in [0.3, 0.4) is 0 Å². The van der Waals surface area contributed by atoms with Crippen LogP contribution < -0.4 is 10.6 Å². The van der Waals surface area contributed by atoms with E-state index in [1.807, 2.05) is 21.2 Å². The van der Waals surface area contributed by atoms with Crippen LogP contribution in [0.4, 0.5) is 15.3 Å². The normalized spacial score (nSPS) is 26.2. The first-order valence-electron chi connectivity index (χ1n) is 11.6. The van der Waals surface area contributed by atoms with Gasteiger partial charge in [-0.25, -0.2) is 9.59 Å². The number of urea groups is 1. The molecule has 174 valence electrons. The van der Waals surface area contributed by atoms with Gasteiger partial charge in [0.25, 0.3) is 5.91 Å². The van der Waals surface area contributed by atoms with Gasteiger partial charge in [0.2, 0.25) is 0 Å². The number of rotatable bonds is 4. The summed E-state index contributed by atoms with van der Waals surface area (Å²) in [5.74, 6) is 1.12. The van der Waals surface area contributed by atoms with Crippen LogP contribution in [-0.2, 0) is 16.1 Å². The molecule has 1 aromatic heterocycles. The van der Waals surface area contributed by atoms with E-state index in [1.54, 1.807) is 16.2 Å². The van der Waals surface area contributed by atoms with Crippen molar-refractivity contribution in [3.63, 3.8) is 0 Å². The molecule has 9 nitrogen and oxygen atoms in total. The number of amides is 4. The largest absolute Gasteiger partial charge is 0.439 e. The highest BCUT2D eigenvalue weighted by atomic mass is 32.1. The van der Waals surface area contributed by atoms with Crippen LogP contribution in [0.2, 0.25) is 0 Å². The molecular weight excluding hydrogens is 430 g/mol. The van der Waals surface area contributed by atoms with Gasteiger partial charge in [0.1, 0.15) is 0 Å². The summed E-state index contributed by atoms with van der Waals surface area (Å²) in [6.07, 6.45) is 3.21. The third-order valence-electron chi connectivity index (χ3n) is 7.39. The molecule has 3 fully saturated rings. The molecule has 1 aromatic rings. The summed E-state index contributed by atoms with van der Waals surface area (Å²) in [6.45, 7) is 5.13. The summed E-state index contributed by atoms with van der Waals surface area (Å²) in [6, 6.07) is 1.96. The van der Waals surface area contributed by atoms with Gasteiger partial charge < -0.3 is 30.1 Å². The Morgan fingerprint density at radius 2 is 1.91 bits per heavy atom. The summed E-state index contributed by atoms with van der Waals surface area (Å²) < 4.78 is 5.35. The molecule has 32 heavy (non-hydrogen) atoms. The number of piperidine rings is 1. The zero-order chi connectivity index (χ0) is 22.1. The van der Waals surface area contributed by atoms with Crippen molar-refractivity contribution in [3.8, 4) is 0 Å². The van der Waals surface area contributed by atoms with Gasteiger partial charge in [-0.05, 0) is 62.1 Å². The third-order valence-corrected chi connectivity index (χ3v) is 8.29. The van der Waals surface area contributed by atoms with E-state index in [-0.39, 0.29) is 24.6 Å². The van der Waals surface area contributed by atoms with Crippen LogP contribution in [0, 0.1) is 11.8 Å². The number of anilines is 1. The standard InChI is InChI=1S/C22H31N5O4S/c28-20(26-7-2-16(12-26)15-1-6-23-11-15)14-31-22(30)25-8-3-17(4-9-25)27-13-19-18(5-10-32-19)24-21(27)29/h5,10,15-17,23H,1-4,6-9,11-14H2,(H,24,29). The second-order valence-corrected chi connectivity index (χ2v) is 10.2. The fraction of sp³-hybridized carbons (Fsp3) is 0.682. The molecule has 4 aliphatic rings. The molecule has 5 rings (SSSR count). The maximum Gasteiger partial charge on any atom is 0.410 e. The zero-order valence-electron chi connectivity index (χ0n) is 18.3. The minimum Gasteiger partial charge on any atom is -0.439 e. The molecule has 2 unspecified atom stereocenters. The molecule has 2 N–H and O–H groups in total. The highest BCUT2D eigenvalue weighted by molar-refractivity contribution is 7.10. The first-order valence-corrected chi connectivity index (χ1v) is 12.5. The zero-order valence-corrected chi connectivity index (χ0v) is 19.1. The van der Waals surface area contributed by atoms with Crippen molar-refractivity contribution in [1.29, 1.82) is 0 Å². The lowest BCUT2D eigenvalue weighted by molar-refractivity contribution is -0.133. The minimum absolute atomic E-state index is 0.0696. The monoisotopic (exact) mass is 461 g/mol. The Hall–Kier alpha value is -2.33. The van der Waals surface area contributed by atoms with Crippen LogP contribution in [-0.4, -0.2) is 84.6 Å². The average Bonchev–Trinajstić information content (AvgIpc) is 3.57. The number of nitrogens with one attached hydrogen (secondary N) is 2. The summed E-state index contributed by atoms with van der Waals surface area (Å²) in [5.41, 5.74) is 0.908. The molecule has 0 spiro atoms. The highest BCUT2D eigenvalue weighted by Crippen LogP contribution is 2.31. The molecule has 0 aromatic carbocycles. The SMILES string of the molecule is O=C(COC(=O)N1CCC(N2Cc3sccc3NC2=O)CC1)N1CCC(C2CCNC2)C1. The Kier molecular flexibility index (Phi) is 6.23. The van der Waals surface area contributed by atoms with E-state index in [9.17, 15) is 14.4 Å². The van der Waals surface area contributed by atoms with E-state index in [4.69, 9.17) is 4.74 Å². The van der Waals surface area contributed by atoms with Crippen LogP contribution in [0.5, 0.6) is 0 Å². The van der Waals surface area contributed by atoms with Crippen molar-refractivity contribution < 1.29 is 19.1 Å². The van der Waals surface area contributed by atoms with E-state index < -0.39 is 6.09 Å². The number of fused-ring (bicyclic) bond motifs is 1. The van der Waals surface area contributed by atoms with Gasteiger partial charge in [-0.3, -0.25) is 4.79 Å². The molecule has 4 amide bonds. The first kappa shape index (κ1) is 21.5. The van der Waals surface area contributed by atoms with Crippen molar-refractivity contribution in [2.24, 2.45) is 11.8 Å². The molecule has 0 radical (unpaired) electrons. The maximum absolute atomic E-state index is 12.5. The molecule has 0 bridgehead atoms. The highest BCUT2D eigenvalue weighted by Gasteiger charge is 2.35. The fourth-order valence-corrected chi connectivity index (χ4v) is 6.26. The van der Waals surface area contributed by atoms with Gasteiger partial charge in [-0.1, -0.05) is 0 Å². The Morgan fingerprint density at radius 3 is 2.69 bits per heavy atom. The van der Waals surface area contributed by atoms with Gasteiger partial charge in [0, 0.05) is 37.1 Å². The van der Waals surface area contributed by atoms with Crippen LogP contribution in [0.25, 0.3) is 0 Å². The molecule has 10 heteroatoms. The predicted octanol–water partition coefficient (Wildman–Crippen LogP) is 2.15. The van der Waals surface area contributed by atoms with Crippen LogP contribution in [0.1, 0.15) is 30.6 Å². The van der Waals surface area contributed by atoms with Crippen molar-refractivity contribution in [2.75, 3.05) is 51.2 Å². The van der Waals surface area contributed by atoms with E-state index in [0.29, 0.717) is 44.3 Å². The molecular formula is C22H31N5O4S. The summed E-state index contributed by atoms with van der Waals surface area (Å²) in [5, 5.41) is 8.33. The van der Waals surface area contributed by atoms with Gasteiger partial charge in [-0.15, -0.1) is 11.3 Å². The first-order chi connectivity index (χ1) is 15.6. The summed E-state index contributed by atoms with van der Waals surface area (Å²) in [4.78, 5) is 44.0. The Labute approximate surface area is 192 Å². The number of nitrogens with zero attached hydrogens (tertiary/aromatic N) is 3. The number of hydrogen-bond acceptors (Lipinski definition) is 6. The minimum atomic E-state index is -0.434. The molecule has 0 saturated carbocycles. The van der Waals surface area contributed by atoms with Gasteiger partial charge in [0.05, 0.1) is 12.2 Å². The lowest BCUT2D eigenvalue weighted by Crippen LogP contribution is -2.51. The third kappa shape index (κ3) is 4.43. The fourth-order valence-electron chi connectivity index (χ4n) is 5.43. The number of carbonyl (C=O) groups is 3. The smallest absolute Gasteiger partial charge is 0.410 e. The van der Waals surface area contributed by atoms with Crippen molar-refractivity contribution in [1.82, 2.24) is 20.0 Å². The van der Waals surface area contributed by atoms with Crippen LogP contribution in [0.15, 0.2) is 11.4 Å². The molecule has 4 aliphatic heterocycles. The Bertz CT molecular complexity index is 862. The number of thiophene rings is 1.